The van der Waals surface area contributed by atoms with E-state index in [2.05, 4.69) is 41.4 Å². The van der Waals surface area contributed by atoms with E-state index in [9.17, 15) is 9.90 Å². The van der Waals surface area contributed by atoms with Gasteiger partial charge in [-0.25, -0.2) is 9.78 Å². The number of aromatic hydroxyl groups is 1. The Labute approximate surface area is 184 Å². The van der Waals surface area contributed by atoms with Gasteiger partial charge in [-0.05, 0) is 86.1 Å². The number of aromatic nitrogens is 2. The summed E-state index contributed by atoms with van der Waals surface area (Å²) in [7, 11) is 0. The molecule has 3 rings (SSSR count). The Bertz CT molecular complexity index is 1110. The van der Waals surface area contributed by atoms with Crippen molar-refractivity contribution >= 4 is 22.9 Å². The van der Waals surface area contributed by atoms with Crippen LogP contribution in [-0.4, -0.2) is 26.6 Å². The number of fused-ring (bicyclic) bond motifs is 1. The van der Waals surface area contributed by atoms with Crippen molar-refractivity contribution in [3.8, 4) is 16.9 Å². The van der Waals surface area contributed by atoms with Crippen LogP contribution in [0.5, 0.6) is 5.75 Å². The molecule has 2 amide bonds. The number of hydrogen-bond acceptors (Lipinski definition) is 4. The van der Waals surface area contributed by atoms with E-state index < -0.39 is 0 Å². The van der Waals surface area contributed by atoms with Crippen LogP contribution in [0.25, 0.3) is 22.2 Å². The molecule has 0 saturated carbocycles. The Hall–Kier alpha value is -3.15. The SMILES string of the molecule is Cc1cc(-c2ccc3ncc(NC(=O)NC(C)(C)CC(C)(C)C)nc3c2)cc(C)c1O. The minimum atomic E-state index is -0.353. The van der Waals surface area contributed by atoms with Crippen molar-refractivity contribution in [1.82, 2.24) is 15.3 Å². The Balaban J connectivity index is 1.83. The van der Waals surface area contributed by atoms with Crippen LogP contribution in [-0.2, 0) is 0 Å². The first-order valence-electron chi connectivity index (χ1n) is 10.5. The van der Waals surface area contributed by atoms with E-state index in [4.69, 9.17) is 0 Å². The van der Waals surface area contributed by atoms with Crippen molar-refractivity contribution in [3.63, 3.8) is 0 Å². The van der Waals surface area contributed by atoms with Crippen molar-refractivity contribution in [2.75, 3.05) is 5.32 Å². The van der Waals surface area contributed by atoms with Crippen LogP contribution in [0.3, 0.4) is 0 Å². The lowest BCUT2D eigenvalue weighted by atomic mass is 9.82. The Kier molecular flexibility index (Phi) is 5.94. The zero-order valence-electron chi connectivity index (χ0n) is 19.4. The van der Waals surface area contributed by atoms with Gasteiger partial charge in [0.05, 0.1) is 17.2 Å². The number of urea groups is 1. The number of hydrogen-bond donors (Lipinski definition) is 3. The predicted molar refractivity (Wildman–Crippen MR) is 126 cm³/mol. The molecule has 0 radical (unpaired) electrons. The largest absolute Gasteiger partial charge is 0.507 e. The van der Waals surface area contributed by atoms with Gasteiger partial charge in [-0.3, -0.25) is 10.3 Å². The van der Waals surface area contributed by atoms with E-state index in [-0.39, 0.29) is 17.0 Å². The van der Waals surface area contributed by atoms with Crippen LogP contribution in [0.1, 0.15) is 52.2 Å². The third-order valence-electron chi connectivity index (χ3n) is 5.03. The molecule has 2 aromatic carbocycles. The average molecular weight is 421 g/mol. The molecule has 0 atom stereocenters. The van der Waals surface area contributed by atoms with Crippen molar-refractivity contribution in [3.05, 3.63) is 47.7 Å². The number of carbonyl (C=O) groups is 1. The molecule has 0 aliphatic carbocycles. The maximum Gasteiger partial charge on any atom is 0.320 e. The number of nitrogens with one attached hydrogen (secondary N) is 2. The van der Waals surface area contributed by atoms with Gasteiger partial charge in [-0.15, -0.1) is 0 Å². The number of nitrogens with zero attached hydrogens (tertiary/aromatic N) is 2. The van der Waals surface area contributed by atoms with Crippen LogP contribution in [0.15, 0.2) is 36.5 Å². The van der Waals surface area contributed by atoms with E-state index >= 15 is 0 Å². The summed E-state index contributed by atoms with van der Waals surface area (Å²) in [6, 6.07) is 9.43. The molecule has 3 N–H and O–H groups in total. The van der Waals surface area contributed by atoms with Gasteiger partial charge in [-0.1, -0.05) is 26.8 Å². The normalized spacial score (nSPS) is 12.1. The number of benzene rings is 2. The minimum absolute atomic E-state index is 0.0981. The van der Waals surface area contributed by atoms with E-state index in [0.29, 0.717) is 17.1 Å². The number of rotatable bonds is 4. The average Bonchev–Trinajstić information content (AvgIpc) is 2.62. The molecule has 164 valence electrons. The lowest BCUT2D eigenvalue weighted by Gasteiger charge is -2.33. The number of phenols is 1. The molecule has 0 spiro atoms. The zero-order chi connectivity index (χ0) is 23.0. The smallest absolute Gasteiger partial charge is 0.320 e. The van der Waals surface area contributed by atoms with E-state index in [0.717, 1.165) is 34.2 Å². The molecule has 0 saturated heterocycles. The second-order valence-corrected chi connectivity index (χ2v) is 10.1. The van der Waals surface area contributed by atoms with E-state index in [1.807, 2.05) is 58.0 Å². The summed E-state index contributed by atoms with van der Waals surface area (Å²) in [5, 5.41) is 15.9. The van der Waals surface area contributed by atoms with Gasteiger partial charge >= 0.3 is 6.03 Å². The monoisotopic (exact) mass is 420 g/mol. The highest BCUT2D eigenvalue weighted by atomic mass is 16.3. The first-order chi connectivity index (χ1) is 14.3. The number of aryl methyl sites for hydroxylation is 2. The topological polar surface area (TPSA) is 87.1 Å². The molecule has 1 aromatic heterocycles. The molecule has 0 aliphatic heterocycles. The molecule has 6 nitrogen and oxygen atoms in total. The standard InChI is InChI=1S/C25H32N4O2/c1-15-10-18(11-16(2)22(15)30)17-8-9-19-20(12-17)27-21(13-26-19)28-23(31)29-25(6,7)14-24(3,4)5/h8-13,30H,14H2,1-7H3,(H2,27,28,29,31). The summed E-state index contributed by atoms with van der Waals surface area (Å²) in [4.78, 5) is 21.5. The van der Waals surface area contributed by atoms with Crippen LogP contribution in [0.4, 0.5) is 10.6 Å². The second kappa shape index (κ2) is 8.17. The molecule has 0 aliphatic rings. The molecular weight excluding hydrogens is 388 g/mol. The van der Waals surface area contributed by atoms with E-state index in [1.54, 1.807) is 6.20 Å². The number of carbonyl (C=O) groups excluding carboxylic acids is 1. The van der Waals surface area contributed by atoms with Crippen molar-refractivity contribution in [1.29, 1.82) is 0 Å². The lowest BCUT2D eigenvalue weighted by Crippen LogP contribution is -2.47. The van der Waals surface area contributed by atoms with Crippen LogP contribution >= 0.6 is 0 Å². The summed E-state index contributed by atoms with van der Waals surface area (Å²) in [6.45, 7) is 14.2. The predicted octanol–water partition coefficient (Wildman–Crippen LogP) is 5.96. The fraction of sp³-hybridized carbons (Fsp3) is 0.400. The Morgan fingerprint density at radius 2 is 1.61 bits per heavy atom. The van der Waals surface area contributed by atoms with Gasteiger partial charge in [0.15, 0.2) is 5.82 Å². The van der Waals surface area contributed by atoms with Gasteiger partial charge in [-0.2, -0.15) is 0 Å². The van der Waals surface area contributed by atoms with Crippen molar-refractivity contribution in [2.45, 2.75) is 60.4 Å². The summed E-state index contributed by atoms with van der Waals surface area (Å²) >= 11 is 0. The van der Waals surface area contributed by atoms with Gasteiger partial charge in [0.1, 0.15) is 5.75 Å². The molecule has 31 heavy (non-hydrogen) atoms. The van der Waals surface area contributed by atoms with Crippen molar-refractivity contribution < 1.29 is 9.90 Å². The molecule has 1 heterocycles. The highest BCUT2D eigenvalue weighted by Crippen LogP contribution is 2.30. The highest BCUT2D eigenvalue weighted by Gasteiger charge is 2.27. The summed E-state index contributed by atoms with van der Waals surface area (Å²) in [5.41, 5.74) is 4.80. The first-order valence-corrected chi connectivity index (χ1v) is 10.5. The molecule has 6 heteroatoms. The lowest BCUT2D eigenvalue weighted by molar-refractivity contribution is 0.220. The Morgan fingerprint density at radius 3 is 2.23 bits per heavy atom. The van der Waals surface area contributed by atoms with Gasteiger partial charge in [0, 0.05) is 5.54 Å². The van der Waals surface area contributed by atoms with Crippen LogP contribution in [0, 0.1) is 19.3 Å². The fourth-order valence-corrected chi connectivity index (χ4v) is 4.20. The molecule has 0 bridgehead atoms. The van der Waals surface area contributed by atoms with Crippen molar-refractivity contribution in [2.24, 2.45) is 5.41 Å². The van der Waals surface area contributed by atoms with Gasteiger partial charge in [0.2, 0.25) is 0 Å². The molecule has 0 fully saturated rings. The Morgan fingerprint density at radius 1 is 0.968 bits per heavy atom. The zero-order valence-corrected chi connectivity index (χ0v) is 19.4. The van der Waals surface area contributed by atoms with Crippen LogP contribution < -0.4 is 10.6 Å². The molecule has 3 aromatic rings. The first kappa shape index (κ1) is 22.5. The number of anilines is 1. The second-order valence-electron chi connectivity index (χ2n) is 10.1. The maximum atomic E-state index is 12.5. The number of amides is 2. The summed E-state index contributed by atoms with van der Waals surface area (Å²) in [6.07, 6.45) is 2.40. The van der Waals surface area contributed by atoms with Gasteiger partial charge < -0.3 is 10.4 Å². The molecular formula is C25H32N4O2. The highest BCUT2D eigenvalue weighted by molar-refractivity contribution is 5.90. The minimum Gasteiger partial charge on any atom is -0.507 e. The summed E-state index contributed by atoms with van der Waals surface area (Å²) < 4.78 is 0. The van der Waals surface area contributed by atoms with Crippen LogP contribution in [0.2, 0.25) is 0 Å². The maximum absolute atomic E-state index is 12.5. The van der Waals surface area contributed by atoms with Gasteiger partial charge in [0.25, 0.3) is 0 Å². The number of phenolic OH excluding ortho intramolecular Hbond substituents is 1. The van der Waals surface area contributed by atoms with E-state index in [1.165, 1.54) is 0 Å². The third-order valence-corrected chi connectivity index (χ3v) is 5.03. The fourth-order valence-electron chi connectivity index (χ4n) is 4.20. The summed E-state index contributed by atoms with van der Waals surface area (Å²) in [5.74, 6) is 0.711. The third kappa shape index (κ3) is 5.72. The molecule has 0 unspecified atom stereocenters. The quantitative estimate of drug-likeness (QED) is 0.486.